The minimum atomic E-state index is -0.657. The second kappa shape index (κ2) is 5.58. The molecule has 0 radical (unpaired) electrons. The predicted molar refractivity (Wildman–Crippen MR) is 60.9 cm³/mol. The number of hydrogen-bond donors (Lipinski definition) is 2. The van der Waals surface area contributed by atoms with Crippen molar-refractivity contribution in [3.63, 3.8) is 0 Å². The average Bonchev–Trinajstić information content (AvgIpc) is 2.28. The fraction of sp³-hybridized carbons (Fsp3) is 0.455. The number of rotatable bonds is 5. The van der Waals surface area contributed by atoms with Crippen LogP contribution in [-0.4, -0.2) is 16.1 Å². The maximum Gasteiger partial charge on any atom is 0.269 e. The molecule has 0 bridgehead atoms. The van der Waals surface area contributed by atoms with E-state index in [0.717, 1.165) is 6.42 Å². The highest BCUT2D eigenvalue weighted by atomic mass is 16.6. The molecule has 0 heterocycles. The Morgan fingerprint density at radius 3 is 2.44 bits per heavy atom. The summed E-state index contributed by atoms with van der Waals surface area (Å²) < 4.78 is 0. The number of aliphatic hydroxyl groups is 1. The molecule has 5 nitrogen and oxygen atoms in total. The van der Waals surface area contributed by atoms with E-state index in [-0.39, 0.29) is 11.7 Å². The summed E-state index contributed by atoms with van der Waals surface area (Å²) in [5.74, 6) is 0. The van der Waals surface area contributed by atoms with E-state index in [0.29, 0.717) is 12.0 Å². The second-order valence-corrected chi connectivity index (χ2v) is 3.77. The van der Waals surface area contributed by atoms with E-state index >= 15 is 0 Å². The van der Waals surface area contributed by atoms with Gasteiger partial charge in [0, 0.05) is 18.2 Å². The lowest BCUT2D eigenvalue weighted by atomic mass is 10.0. The van der Waals surface area contributed by atoms with Gasteiger partial charge in [-0.2, -0.15) is 0 Å². The Morgan fingerprint density at radius 2 is 2.00 bits per heavy atom. The average molecular weight is 224 g/mol. The lowest BCUT2D eigenvalue weighted by Crippen LogP contribution is -2.21. The van der Waals surface area contributed by atoms with Gasteiger partial charge in [0.2, 0.25) is 0 Å². The molecule has 16 heavy (non-hydrogen) atoms. The third kappa shape index (κ3) is 3.29. The Balaban J connectivity index is 2.70. The number of nitro groups is 1. The van der Waals surface area contributed by atoms with Gasteiger partial charge < -0.3 is 10.8 Å². The number of hydrogen-bond acceptors (Lipinski definition) is 4. The molecule has 0 amide bonds. The standard InChI is InChI=1S/C11H16N2O3/c1-2-9(12)7-11(14)8-3-5-10(6-4-8)13(15)16/h3-6,9,11,14H,2,7,12H2,1H3. The summed E-state index contributed by atoms with van der Waals surface area (Å²) in [7, 11) is 0. The molecule has 0 aliphatic heterocycles. The second-order valence-electron chi connectivity index (χ2n) is 3.77. The molecule has 3 N–H and O–H groups in total. The molecule has 2 unspecified atom stereocenters. The molecule has 0 fully saturated rings. The van der Waals surface area contributed by atoms with Crippen LogP contribution in [-0.2, 0) is 0 Å². The fourth-order valence-corrected chi connectivity index (χ4v) is 1.41. The predicted octanol–water partition coefficient (Wildman–Crippen LogP) is 1.76. The lowest BCUT2D eigenvalue weighted by Gasteiger charge is -2.14. The van der Waals surface area contributed by atoms with Crippen molar-refractivity contribution in [3.05, 3.63) is 39.9 Å². The smallest absolute Gasteiger partial charge is 0.269 e. The van der Waals surface area contributed by atoms with Crippen molar-refractivity contribution in [2.45, 2.75) is 31.9 Å². The molecule has 88 valence electrons. The van der Waals surface area contributed by atoms with Crippen molar-refractivity contribution in [1.82, 2.24) is 0 Å². The zero-order valence-electron chi connectivity index (χ0n) is 9.17. The first-order valence-corrected chi connectivity index (χ1v) is 5.22. The Hall–Kier alpha value is -1.46. The van der Waals surface area contributed by atoms with E-state index in [1.807, 2.05) is 6.92 Å². The van der Waals surface area contributed by atoms with Crippen LogP contribution in [0, 0.1) is 10.1 Å². The van der Waals surface area contributed by atoms with Crippen LogP contribution >= 0.6 is 0 Å². The molecular formula is C11H16N2O3. The van der Waals surface area contributed by atoms with Crippen LogP contribution in [0.15, 0.2) is 24.3 Å². The summed E-state index contributed by atoms with van der Waals surface area (Å²) in [5.41, 5.74) is 6.41. The monoisotopic (exact) mass is 224 g/mol. The summed E-state index contributed by atoms with van der Waals surface area (Å²) in [6.07, 6.45) is 0.606. The summed E-state index contributed by atoms with van der Waals surface area (Å²) in [6.45, 7) is 1.95. The van der Waals surface area contributed by atoms with Gasteiger partial charge >= 0.3 is 0 Å². The third-order valence-electron chi connectivity index (χ3n) is 2.54. The maximum atomic E-state index is 10.4. The van der Waals surface area contributed by atoms with E-state index in [1.165, 1.54) is 12.1 Å². The van der Waals surface area contributed by atoms with Crippen molar-refractivity contribution in [1.29, 1.82) is 0 Å². The number of nitrogens with two attached hydrogens (primary N) is 1. The molecule has 0 spiro atoms. The van der Waals surface area contributed by atoms with E-state index in [1.54, 1.807) is 12.1 Å². The van der Waals surface area contributed by atoms with Crippen LogP contribution < -0.4 is 5.73 Å². The van der Waals surface area contributed by atoms with E-state index in [9.17, 15) is 15.2 Å². The van der Waals surface area contributed by atoms with Gasteiger partial charge in [0.25, 0.3) is 5.69 Å². The van der Waals surface area contributed by atoms with Gasteiger partial charge in [-0.15, -0.1) is 0 Å². The van der Waals surface area contributed by atoms with E-state index in [4.69, 9.17) is 5.73 Å². The number of non-ortho nitro benzene ring substituents is 1. The molecule has 1 aromatic rings. The topological polar surface area (TPSA) is 89.4 Å². The Labute approximate surface area is 94.0 Å². The first-order chi connectivity index (χ1) is 7.54. The fourth-order valence-electron chi connectivity index (χ4n) is 1.41. The summed E-state index contributed by atoms with van der Waals surface area (Å²) >= 11 is 0. The highest BCUT2D eigenvalue weighted by Crippen LogP contribution is 2.21. The van der Waals surface area contributed by atoms with Gasteiger partial charge in [-0.05, 0) is 30.5 Å². The zero-order chi connectivity index (χ0) is 12.1. The molecule has 1 aromatic carbocycles. The SMILES string of the molecule is CCC(N)CC(O)c1ccc([N+](=O)[O-])cc1. The molecule has 0 aliphatic rings. The lowest BCUT2D eigenvalue weighted by molar-refractivity contribution is -0.384. The van der Waals surface area contributed by atoms with Gasteiger partial charge in [-0.1, -0.05) is 6.92 Å². The van der Waals surface area contributed by atoms with E-state index < -0.39 is 11.0 Å². The molecule has 0 aliphatic carbocycles. The van der Waals surface area contributed by atoms with Crippen molar-refractivity contribution in [2.75, 3.05) is 0 Å². The number of aliphatic hydroxyl groups excluding tert-OH is 1. The van der Waals surface area contributed by atoms with Crippen LogP contribution in [0.3, 0.4) is 0 Å². The van der Waals surface area contributed by atoms with Crippen LogP contribution in [0.1, 0.15) is 31.4 Å². The molecular weight excluding hydrogens is 208 g/mol. The van der Waals surface area contributed by atoms with Gasteiger partial charge in [0.1, 0.15) is 0 Å². The van der Waals surface area contributed by atoms with Crippen molar-refractivity contribution in [3.8, 4) is 0 Å². The van der Waals surface area contributed by atoms with Crippen molar-refractivity contribution in [2.24, 2.45) is 5.73 Å². The summed E-state index contributed by atoms with van der Waals surface area (Å²) in [6, 6.07) is 5.84. The Morgan fingerprint density at radius 1 is 1.44 bits per heavy atom. The van der Waals surface area contributed by atoms with Gasteiger partial charge in [0.15, 0.2) is 0 Å². The molecule has 0 saturated heterocycles. The number of benzene rings is 1. The first kappa shape index (κ1) is 12.6. The maximum absolute atomic E-state index is 10.4. The van der Waals surface area contributed by atoms with Gasteiger partial charge in [-0.3, -0.25) is 10.1 Å². The minimum Gasteiger partial charge on any atom is -0.388 e. The van der Waals surface area contributed by atoms with Crippen LogP contribution in [0.25, 0.3) is 0 Å². The zero-order valence-corrected chi connectivity index (χ0v) is 9.17. The molecule has 5 heteroatoms. The molecule has 2 atom stereocenters. The number of nitrogens with zero attached hydrogens (tertiary/aromatic N) is 1. The third-order valence-corrected chi connectivity index (χ3v) is 2.54. The Kier molecular flexibility index (Phi) is 4.39. The van der Waals surface area contributed by atoms with Crippen molar-refractivity contribution >= 4 is 5.69 Å². The molecule has 0 saturated carbocycles. The van der Waals surface area contributed by atoms with Crippen molar-refractivity contribution < 1.29 is 10.0 Å². The van der Waals surface area contributed by atoms with Gasteiger partial charge in [0.05, 0.1) is 11.0 Å². The Bertz CT molecular complexity index is 351. The summed E-state index contributed by atoms with van der Waals surface area (Å²) in [4.78, 5) is 9.96. The molecule has 0 aromatic heterocycles. The highest BCUT2D eigenvalue weighted by Gasteiger charge is 2.13. The van der Waals surface area contributed by atoms with Crippen LogP contribution in [0.4, 0.5) is 5.69 Å². The number of nitro benzene ring substituents is 1. The highest BCUT2D eigenvalue weighted by molar-refractivity contribution is 5.33. The molecule has 1 rings (SSSR count). The summed E-state index contributed by atoms with van der Waals surface area (Å²) in [5, 5.41) is 20.2. The minimum absolute atomic E-state index is 0.0238. The van der Waals surface area contributed by atoms with Crippen LogP contribution in [0.5, 0.6) is 0 Å². The first-order valence-electron chi connectivity index (χ1n) is 5.22. The normalized spacial score (nSPS) is 14.4. The van der Waals surface area contributed by atoms with Crippen LogP contribution in [0.2, 0.25) is 0 Å². The largest absolute Gasteiger partial charge is 0.388 e. The quantitative estimate of drug-likeness (QED) is 0.589. The van der Waals surface area contributed by atoms with Gasteiger partial charge in [-0.25, -0.2) is 0 Å². The van der Waals surface area contributed by atoms with E-state index in [2.05, 4.69) is 0 Å².